The highest BCUT2D eigenvalue weighted by Gasteiger charge is 2.44. The summed E-state index contributed by atoms with van der Waals surface area (Å²) >= 11 is 4.01. The topological polar surface area (TPSA) is 73.9 Å². The van der Waals surface area contributed by atoms with Crippen LogP contribution < -0.4 is 5.32 Å². The van der Waals surface area contributed by atoms with Gasteiger partial charge in [-0.05, 0) is 13.3 Å². The van der Waals surface area contributed by atoms with Gasteiger partial charge in [-0.15, -0.1) is 0 Å². The first kappa shape index (κ1) is 15.8. The first-order valence-corrected chi connectivity index (χ1v) is 7.37. The largest absolute Gasteiger partial charge is 0.466 e. The molecular weight excluding hydrogens is 294 g/mol. The summed E-state index contributed by atoms with van der Waals surface area (Å²) in [6.07, 6.45) is 2.79. The highest BCUT2D eigenvalue weighted by molar-refractivity contribution is 7.80. The van der Waals surface area contributed by atoms with Gasteiger partial charge in [0.05, 0.1) is 24.9 Å². The molecule has 0 radical (unpaired) electrons. The van der Waals surface area contributed by atoms with Crippen molar-refractivity contribution in [1.82, 2.24) is 5.32 Å². The maximum Gasteiger partial charge on any atom is 0.410 e. The summed E-state index contributed by atoms with van der Waals surface area (Å²) in [7, 11) is 1.33. The molecule has 21 heavy (non-hydrogen) atoms. The van der Waals surface area contributed by atoms with E-state index in [9.17, 15) is 9.59 Å². The third kappa shape index (κ3) is 3.34. The van der Waals surface area contributed by atoms with Crippen LogP contribution in [-0.4, -0.2) is 37.8 Å². The maximum atomic E-state index is 11.8. The fourth-order valence-corrected chi connectivity index (χ4v) is 2.79. The number of nitrogens with one attached hydrogen (secondary N) is 1. The van der Waals surface area contributed by atoms with Crippen LogP contribution in [0.5, 0.6) is 0 Å². The first-order chi connectivity index (χ1) is 10.1. The molecule has 0 aromatic heterocycles. The number of methoxy groups -OCH3 is 1. The van der Waals surface area contributed by atoms with Crippen LogP contribution in [0, 0.1) is 11.8 Å². The number of amides is 1. The number of carbonyl (C=O) groups is 2. The van der Waals surface area contributed by atoms with Crippen LogP contribution in [0.4, 0.5) is 4.79 Å². The molecule has 0 saturated heterocycles. The zero-order valence-corrected chi connectivity index (χ0v) is 12.9. The van der Waals surface area contributed by atoms with Gasteiger partial charge < -0.3 is 19.5 Å². The average Bonchev–Trinajstić information content (AvgIpc) is 2.87. The lowest BCUT2D eigenvalue weighted by atomic mass is 9.84. The highest BCUT2D eigenvalue weighted by atomic mass is 32.1. The molecule has 0 fully saturated rings. The Labute approximate surface area is 128 Å². The molecule has 1 heterocycles. The smallest absolute Gasteiger partial charge is 0.410 e. The maximum absolute atomic E-state index is 11.8. The van der Waals surface area contributed by atoms with E-state index in [2.05, 4.69) is 17.9 Å². The molecule has 0 bridgehead atoms. The number of thiol groups is 1. The van der Waals surface area contributed by atoms with Crippen molar-refractivity contribution in [2.45, 2.75) is 19.6 Å². The van der Waals surface area contributed by atoms with Crippen LogP contribution in [0.2, 0.25) is 0 Å². The van der Waals surface area contributed by atoms with E-state index in [1.165, 1.54) is 13.4 Å². The summed E-state index contributed by atoms with van der Waals surface area (Å²) in [6.45, 7) is 2.36. The number of rotatable bonds is 4. The minimum Gasteiger partial charge on any atom is -0.466 e. The summed E-state index contributed by atoms with van der Waals surface area (Å²) < 4.78 is 15.5. The second kappa shape index (κ2) is 6.89. The fraction of sp³-hybridized carbons (Fsp3) is 0.571. The van der Waals surface area contributed by atoms with E-state index < -0.39 is 18.4 Å². The molecule has 7 heteroatoms. The monoisotopic (exact) mass is 313 g/mol. The number of hydrogen-bond donors (Lipinski definition) is 2. The van der Waals surface area contributed by atoms with E-state index >= 15 is 0 Å². The Balaban J connectivity index is 2.10. The van der Waals surface area contributed by atoms with Crippen molar-refractivity contribution in [3.05, 3.63) is 23.5 Å². The lowest BCUT2D eigenvalue weighted by Gasteiger charge is -2.33. The van der Waals surface area contributed by atoms with Gasteiger partial charge in [0.25, 0.3) is 6.29 Å². The summed E-state index contributed by atoms with van der Waals surface area (Å²) in [5, 5.41) is 2.57. The Hall–Kier alpha value is -1.63. The van der Waals surface area contributed by atoms with Crippen molar-refractivity contribution in [2.75, 3.05) is 19.4 Å². The standard InChI is InChI=1S/C14H19NO5S/c1-8-3-4-9-10(12(16)18-2)7-19-13(11(8)9)20-14(17)15-5-6-21/h3,7,9,11,13,21H,4-6H2,1-2H3,(H,15,17). The lowest BCUT2D eigenvalue weighted by Crippen LogP contribution is -2.40. The Morgan fingerprint density at radius 3 is 2.95 bits per heavy atom. The molecule has 1 aliphatic heterocycles. The number of ether oxygens (including phenoxy) is 3. The van der Waals surface area contributed by atoms with Crippen molar-refractivity contribution in [1.29, 1.82) is 0 Å². The second-order valence-corrected chi connectivity index (χ2v) is 5.39. The van der Waals surface area contributed by atoms with E-state index in [1.54, 1.807) is 0 Å². The number of hydrogen-bond acceptors (Lipinski definition) is 6. The lowest BCUT2D eigenvalue weighted by molar-refractivity contribution is -0.141. The van der Waals surface area contributed by atoms with Crippen LogP contribution in [0.25, 0.3) is 0 Å². The predicted octanol–water partition coefficient (Wildman–Crippen LogP) is 1.64. The normalized spacial score (nSPS) is 26.9. The third-order valence-corrected chi connectivity index (χ3v) is 3.92. The van der Waals surface area contributed by atoms with Crippen LogP contribution in [-0.2, 0) is 19.0 Å². The van der Waals surface area contributed by atoms with Gasteiger partial charge in [0.1, 0.15) is 0 Å². The summed E-state index contributed by atoms with van der Waals surface area (Å²) in [4.78, 5) is 23.4. The van der Waals surface area contributed by atoms with Gasteiger partial charge in [-0.2, -0.15) is 12.6 Å². The van der Waals surface area contributed by atoms with Crippen molar-refractivity contribution in [3.63, 3.8) is 0 Å². The minimum atomic E-state index is -0.734. The highest BCUT2D eigenvalue weighted by Crippen LogP contribution is 2.43. The molecule has 0 aromatic rings. The van der Waals surface area contributed by atoms with Crippen molar-refractivity contribution >= 4 is 24.7 Å². The van der Waals surface area contributed by atoms with E-state index in [0.29, 0.717) is 24.3 Å². The minimum absolute atomic E-state index is 0.0751. The Morgan fingerprint density at radius 2 is 2.29 bits per heavy atom. The van der Waals surface area contributed by atoms with Crippen LogP contribution in [0.3, 0.4) is 0 Å². The first-order valence-electron chi connectivity index (χ1n) is 6.74. The SMILES string of the molecule is COC(=O)C1=COC(OC(=O)NCCS)C2C(C)=CCC12. The van der Waals surface area contributed by atoms with Crippen LogP contribution in [0.15, 0.2) is 23.5 Å². The van der Waals surface area contributed by atoms with E-state index in [1.807, 2.05) is 13.0 Å². The molecule has 116 valence electrons. The van der Waals surface area contributed by atoms with Gasteiger partial charge in [0.15, 0.2) is 0 Å². The number of esters is 1. The van der Waals surface area contributed by atoms with Gasteiger partial charge in [-0.1, -0.05) is 11.6 Å². The number of alkyl carbamates (subject to hydrolysis) is 1. The number of fused-ring (bicyclic) bond motifs is 1. The van der Waals surface area contributed by atoms with Gasteiger partial charge in [-0.3, -0.25) is 0 Å². The van der Waals surface area contributed by atoms with Crippen molar-refractivity contribution < 1.29 is 23.8 Å². The van der Waals surface area contributed by atoms with E-state index in [0.717, 1.165) is 5.57 Å². The third-order valence-electron chi connectivity index (χ3n) is 3.70. The zero-order valence-electron chi connectivity index (χ0n) is 12.0. The summed E-state index contributed by atoms with van der Waals surface area (Å²) in [6, 6.07) is 0. The number of carbonyl (C=O) groups excluding carboxylic acids is 2. The molecule has 3 atom stereocenters. The molecule has 2 aliphatic rings. The van der Waals surface area contributed by atoms with Gasteiger partial charge in [-0.25, -0.2) is 9.59 Å². The molecule has 3 unspecified atom stereocenters. The van der Waals surface area contributed by atoms with Crippen molar-refractivity contribution in [3.8, 4) is 0 Å². The summed E-state index contributed by atoms with van der Waals surface area (Å²) in [5.74, 6) is -0.122. The molecule has 0 spiro atoms. The quantitative estimate of drug-likeness (QED) is 0.469. The molecule has 1 amide bonds. The van der Waals surface area contributed by atoms with Gasteiger partial charge in [0, 0.05) is 18.2 Å². The Morgan fingerprint density at radius 1 is 1.52 bits per heavy atom. The van der Waals surface area contributed by atoms with Gasteiger partial charge >= 0.3 is 12.1 Å². The molecular formula is C14H19NO5S. The molecule has 6 nitrogen and oxygen atoms in total. The molecule has 1 N–H and O–H groups in total. The van der Waals surface area contributed by atoms with E-state index in [4.69, 9.17) is 14.2 Å². The van der Waals surface area contributed by atoms with Crippen LogP contribution in [0.1, 0.15) is 13.3 Å². The Bertz CT molecular complexity index is 488. The predicted molar refractivity (Wildman–Crippen MR) is 78.7 cm³/mol. The molecule has 2 rings (SSSR count). The second-order valence-electron chi connectivity index (χ2n) is 4.94. The molecule has 0 saturated carbocycles. The van der Waals surface area contributed by atoms with Gasteiger partial charge in [0.2, 0.25) is 0 Å². The Kier molecular flexibility index (Phi) is 5.17. The van der Waals surface area contributed by atoms with E-state index in [-0.39, 0.29) is 11.8 Å². The summed E-state index contributed by atoms with van der Waals surface area (Å²) in [5.41, 5.74) is 1.52. The molecule has 0 aromatic carbocycles. The fourth-order valence-electron chi connectivity index (χ4n) is 2.67. The van der Waals surface area contributed by atoms with Crippen LogP contribution >= 0.6 is 12.6 Å². The number of allylic oxidation sites excluding steroid dienone is 1. The zero-order chi connectivity index (χ0) is 15.4. The van der Waals surface area contributed by atoms with Crippen molar-refractivity contribution in [2.24, 2.45) is 11.8 Å². The average molecular weight is 313 g/mol. The molecule has 1 aliphatic carbocycles.